The molecule has 152 valence electrons. The van der Waals surface area contributed by atoms with Gasteiger partial charge in [-0.2, -0.15) is 0 Å². The largest absolute Gasteiger partial charge is 0.481 e. The van der Waals surface area contributed by atoms with Crippen LogP contribution in [0, 0.1) is 0 Å². The van der Waals surface area contributed by atoms with E-state index in [-0.39, 0.29) is 6.42 Å². The molecule has 0 aliphatic rings. The lowest BCUT2D eigenvalue weighted by Gasteiger charge is -2.11. The number of carboxylic acid groups (broad SMARTS) is 1. The third-order valence-corrected chi connectivity index (χ3v) is 5.92. The van der Waals surface area contributed by atoms with Crippen LogP contribution in [0.3, 0.4) is 0 Å². The highest BCUT2D eigenvalue weighted by Gasteiger charge is 2.15. The van der Waals surface area contributed by atoms with Gasteiger partial charge < -0.3 is 9.67 Å². The fourth-order valence-electron chi connectivity index (χ4n) is 3.37. The van der Waals surface area contributed by atoms with Gasteiger partial charge in [0.05, 0.1) is 17.7 Å². The molecule has 2 aromatic carbocycles. The zero-order valence-corrected chi connectivity index (χ0v) is 19.3. The summed E-state index contributed by atoms with van der Waals surface area (Å²) in [6, 6.07) is 16.6. The molecule has 6 heteroatoms. The average Bonchev–Trinajstić information content (AvgIpc) is 3.12. The molecule has 0 saturated carbocycles. The third-order valence-electron chi connectivity index (χ3n) is 4.86. The van der Waals surface area contributed by atoms with Gasteiger partial charge in [0.15, 0.2) is 0 Å². The number of halogens is 2. The van der Waals surface area contributed by atoms with Gasteiger partial charge in [-0.3, -0.25) is 4.79 Å². The second-order valence-corrected chi connectivity index (χ2v) is 8.89. The number of nitrogens with zero attached hydrogens (tertiary/aromatic N) is 2. The smallest absolute Gasteiger partial charge is 0.303 e. The molecule has 0 saturated heterocycles. The van der Waals surface area contributed by atoms with E-state index in [0.717, 1.165) is 70.1 Å². The van der Waals surface area contributed by atoms with Crippen molar-refractivity contribution < 1.29 is 9.90 Å². The van der Waals surface area contributed by atoms with E-state index < -0.39 is 5.97 Å². The summed E-state index contributed by atoms with van der Waals surface area (Å²) < 4.78 is 4.34. The molecule has 1 heterocycles. The molecular weight excluding hydrogens is 496 g/mol. The highest BCUT2D eigenvalue weighted by molar-refractivity contribution is 9.10. The molecule has 0 aliphatic heterocycles. The number of aliphatic carboxylic acids is 1. The normalized spacial score (nSPS) is 11.0. The fraction of sp³-hybridized carbons (Fsp3) is 0.304. The monoisotopic (exact) mass is 518 g/mol. The summed E-state index contributed by atoms with van der Waals surface area (Å²) in [5.74, 6) is -0.706. The van der Waals surface area contributed by atoms with Crippen molar-refractivity contribution in [1.82, 2.24) is 9.55 Å². The summed E-state index contributed by atoms with van der Waals surface area (Å²) in [5.41, 5.74) is 4.36. The molecule has 0 amide bonds. The van der Waals surface area contributed by atoms with Gasteiger partial charge in [-0.25, -0.2) is 4.98 Å². The van der Waals surface area contributed by atoms with Gasteiger partial charge in [0.1, 0.15) is 0 Å². The van der Waals surface area contributed by atoms with E-state index >= 15 is 0 Å². The molecular formula is C23H24Br2N2O2. The second kappa shape index (κ2) is 10.7. The van der Waals surface area contributed by atoms with Crippen molar-refractivity contribution in [2.75, 3.05) is 0 Å². The Labute approximate surface area is 188 Å². The summed E-state index contributed by atoms with van der Waals surface area (Å²) >= 11 is 7.01. The molecule has 0 spiro atoms. The number of unbranched alkanes of at least 4 members (excludes halogenated alkanes) is 4. The molecule has 0 bridgehead atoms. The van der Waals surface area contributed by atoms with Gasteiger partial charge in [0, 0.05) is 33.0 Å². The van der Waals surface area contributed by atoms with E-state index in [1.165, 1.54) is 0 Å². The molecule has 3 aromatic rings. The Morgan fingerprint density at radius 2 is 1.38 bits per heavy atom. The van der Waals surface area contributed by atoms with E-state index in [2.05, 4.69) is 72.8 Å². The molecule has 0 aliphatic carbocycles. The first-order valence-electron chi connectivity index (χ1n) is 9.83. The summed E-state index contributed by atoms with van der Waals surface area (Å²) in [6.45, 7) is 0.897. The molecule has 4 nitrogen and oxygen atoms in total. The Kier molecular flexibility index (Phi) is 8.07. The van der Waals surface area contributed by atoms with Crippen LogP contribution in [0.5, 0.6) is 0 Å². The van der Waals surface area contributed by atoms with Crippen LogP contribution in [-0.4, -0.2) is 20.6 Å². The van der Waals surface area contributed by atoms with Gasteiger partial charge in [-0.15, -0.1) is 0 Å². The first kappa shape index (κ1) is 21.8. The zero-order valence-electron chi connectivity index (χ0n) is 16.2. The van der Waals surface area contributed by atoms with Crippen LogP contribution in [0.15, 0.2) is 63.8 Å². The third kappa shape index (κ3) is 6.28. The minimum absolute atomic E-state index is 0.270. The van der Waals surface area contributed by atoms with E-state index in [9.17, 15) is 4.79 Å². The predicted octanol–water partition coefficient (Wildman–Crippen LogP) is 7.17. The van der Waals surface area contributed by atoms with Crippen molar-refractivity contribution in [3.8, 4) is 22.5 Å². The molecule has 0 atom stereocenters. The molecule has 0 fully saturated rings. The standard InChI is InChI=1S/C23H24Br2N2O2/c24-19-11-7-17(8-12-19)22-23(18-9-13-20(25)14-10-18)27(16-26-22)15-5-3-1-2-4-6-21(28)29/h7-14,16H,1-6,15H2,(H,28,29). The number of hydrogen-bond donors (Lipinski definition) is 1. The molecule has 1 N–H and O–H groups in total. The number of carbonyl (C=O) groups is 1. The number of aryl methyl sites for hydroxylation is 1. The van der Waals surface area contributed by atoms with Crippen LogP contribution < -0.4 is 0 Å². The lowest BCUT2D eigenvalue weighted by molar-refractivity contribution is -0.137. The lowest BCUT2D eigenvalue weighted by atomic mass is 10.0. The maximum atomic E-state index is 10.6. The van der Waals surface area contributed by atoms with E-state index in [4.69, 9.17) is 10.1 Å². The highest BCUT2D eigenvalue weighted by Crippen LogP contribution is 2.33. The zero-order chi connectivity index (χ0) is 20.6. The van der Waals surface area contributed by atoms with Gasteiger partial charge in [0.25, 0.3) is 0 Å². The Bertz CT molecular complexity index is 935. The number of benzene rings is 2. The Hall–Kier alpha value is -1.92. The van der Waals surface area contributed by atoms with Gasteiger partial charge in [-0.1, -0.05) is 75.4 Å². The van der Waals surface area contributed by atoms with Crippen LogP contribution in [0.25, 0.3) is 22.5 Å². The van der Waals surface area contributed by atoms with Crippen molar-refractivity contribution in [2.24, 2.45) is 0 Å². The number of aromatic nitrogens is 2. The first-order chi connectivity index (χ1) is 14.0. The Morgan fingerprint density at radius 1 is 0.828 bits per heavy atom. The first-order valence-corrected chi connectivity index (χ1v) is 11.4. The molecule has 0 unspecified atom stereocenters. The fourth-order valence-corrected chi connectivity index (χ4v) is 3.90. The number of imidazole rings is 1. The molecule has 1 aromatic heterocycles. The molecule has 0 radical (unpaired) electrons. The second-order valence-electron chi connectivity index (χ2n) is 7.06. The quantitative estimate of drug-likeness (QED) is 0.289. The van der Waals surface area contributed by atoms with Crippen LogP contribution in [0.2, 0.25) is 0 Å². The van der Waals surface area contributed by atoms with Crippen LogP contribution in [0.4, 0.5) is 0 Å². The summed E-state index contributed by atoms with van der Waals surface area (Å²) in [4.78, 5) is 15.3. The van der Waals surface area contributed by atoms with E-state index in [0.29, 0.717) is 0 Å². The van der Waals surface area contributed by atoms with Crippen LogP contribution >= 0.6 is 31.9 Å². The highest BCUT2D eigenvalue weighted by atomic mass is 79.9. The average molecular weight is 520 g/mol. The van der Waals surface area contributed by atoms with Crippen molar-refractivity contribution in [3.05, 3.63) is 63.8 Å². The molecule has 3 rings (SSSR count). The summed E-state index contributed by atoms with van der Waals surface area (Å²) in [6.07, 6.45) is 7.14. The lowest BCUT2D eigenvalue weighted by Crippen LogP contribution is -2.00. The van der Waals surface area contributed by atoms with Crippen LogP contribution in [-0.2, 0) is 11.3 Å². The predicted molar refractivity (Wildman–Crippen MR) is 124 cm³/mol. The van der Waals surface area contributed by atoms with Gasteiger partial charge >= 0.3 is 5.97 Å². The van der Waals surface area contributed by atoms with Crippen molar-refractivity contribution >= 4 is 37.8 Å². The maximum absolute atomic E-state index is 10.6. The minimum Gasteiger partial charge on any atom is -0.481 e. The topological polar surface area (TPSA) is 55.1 Å². The number of carboxylic acids is 1. The van der Waals surface area contributed by atoms with Gasteiger partial charge in [-0.05, 0) is 37.1 Å². The van der Waals surface area contributed by atoms with E-state index in [1.54, 1.807) is 0 Å². The number of hydrogen-bond acceptors (Lipinski definition) is 2. The SMILES string of the molecule is O=C(O)CCCCCCCn1cnc(-c2ccc(Br)cc2)c1-c1ccc(Br)cc1. The van der Waals surface area contributed by atoms with Crippen LogP contribution in [0.1, 0.15) is 38.5 Å². The van der Waals surface area contributed by atoms with E-state index in [1.807, 2.05) is 18.5 Å². The van der Waals surface area contributed by atoms with Crippen molar-refractivity contribution in [1.29, 1.82) is 0 Å². The Balaban J connectivity index is 1.74. The maximum Gasteiger partial charge on any atom is 0.303 e. The van der Waals surface area contributed by atoms with Crippen molar-refractivity contribution in [3.63, 3.8) is 0 Å². The number of rotatable bonds is 10. The molecule has 29 heavy (non-hydrogen) atoms. The minimum atomic E-state index is -0.706. The van der Waals surface area contributed by atoms with Crippen molar-refractivity contribution in [2.45, 2.75) is 45.1 Å². The summed E-state index contributed by atoms with van der Waals surface area (Å²) in [5, 5.41) is 8.72. The Morgan fingerprint density at radius 3 is 2.00 bits per heavy atom. The summed E-state index contributed by atoms with van der Waals surface area (Å²) in [7, 11) is 0. The van der Waals surface area contributed by atoms with Gasteiger partial charge in [0.2, 0.25) is 0 Å².